The lowest BCUT2D eigenvalue weighted by Gasteiger charge is -2.26. The van der Waals surface area contributed by atoms with E-state index in [0.717, 1.165) is 10.0 Å². The Bertz CT molecular complexity index is 936. The first-order chi connectivity index (χ1) is 13.8. The Morgan fingerprint density at radius 2 is 1.72 bits per heavy atom. The first-order valence-electron chi connectivity index (χ1n) is 9.16. The fourth-order valence-electron chi connectivity index (χ4n) is 3.31. The quantitative estimate of drug-likeness (QED) is 0.407. The number of Topliss-reactive ketones (excluding diaryl/α,β-unsaturated/α-hetero) is 1. The van der Waals surface area contributed by atoms with Crippen molar-refractivity contribution in [1.82, 2.24) is 9.80 Å². The number of benzene rings is 2. The smallest absolute Gasteiger partial charge is 0.295 e. The van der Waals surface area contributed by atoms with Crippen molar-refractivity contribution >= 4 is 33.4 Å². The first kappa shape index (κ1) is 21.1. The third-order valence-corrected chi connectivity index (χ3v) is 5.41. The van der Waals surface area contributed by atoms with E-state index in [-0.39, 0.29) is 11.3 Å². The number of likely N-dealkylation sites (N-methyl/N-ethyl adjacent to an activating group) is 1. The number of ketones is 1. The number of nitrogens with zero attached hydrogens (tertiary/aromatic N) is 2. The summed E-state index contributed by atoms with van der Waals surface area (Å²) in [6.45, 7) is 0.962. The molecule has 0 aliphatic carbocycles. The molecule has 152 valence electrons. The molecule has 1 N–H and O–H groups in total. The molecule has 0 radical (unpaired) electrons. The normalized spacial score (nSPS) is 18.5. The van der Waals surface area contributed by atoms with Gasteiger partial charge in [0.25, 0.3) is 11.7 Å². The van der Waals surface area contributed by atoms with Gasteiger partial charge in [0.05, 0.1) is 18.7 Å². The molecule has 1 aliphatic rings. The molecule has 1 saturated heterocycles. The molecule has 2 aromatic carbocycles. The van der Waals surface area contributed by atoms with Crippen molar-refractivity contribution in [3.8, 4) is 5.75 Å². The van der Waals surface area contributed by atoms with Gasteiger partial charge in [-0.25, -0.2) is 0 Å². The van der Waals surface area contributed by atoms with Crippen molar-refractivity contribution in [2.75, 3.05) is 34.3 Å². The number of rotatable bonds is 6. The molecule has 0 bridgehead atoms. The molecule has 29 heavy (non-hydrogen) atoms. The predicted molar refractivity (Wildman–Crippen MR) is 115 cm³/mol. The van der Waals surface area contributed by atoms with Crippen LogP contribution in [0.1, 0.15) is 17.2 Å². The maximum Gasteiger partial charge on any atom is 0.295 e. The van der Waals surface area contributed by atoms with Gasteiger partial charge >= 0.3 is 0 Å². The second-order valence-corrected chi connectivity index (χ2v) is 7.99. The number of aliphatic hydroxyl groups excluding tert-OH is 1. The highest BCUT2D eigenvalue weighted by Crippen LogP contribution is 2.39. The predicted octanol–water partition coefficient (Wildman–Crippen LogP) is 3.44. The van der Waals surface area contributed by atoms with Crippen LogP contribution in [-0.4, -0.2) is 60.9 Å². The molecule has 6 nitrogen and oxygen atoms in total. The van der Waals surface area contributed by atoms with Crippen molar-refractivity contribution in [3.63, 3.8) is 0 Å². The molecule has 1 atom stereocenters. The highest BCUT2D eigenvalue weighted by molar-refractivity contribution is 9.10. The molecule has 1 fully saturated rings. The van der Waals surface area contributed by atoms with Crippen molar-refractivity contribution in [1.29, 1.82) is 0 Å². The van der Waals surface area contributed by atoms with Crippen LogP contribution in [0, 0.1) is 0 Å². The zero-order valence-corrected chi connectivity index (χ0v) is 18.1. The molecule has 0 saturated carbocycles. The van der Waals surface area contributed by atoms with Gasteiger partial charge in [-0.2, -0.15) is 0 Å². The van der Waals surface area contributed by atoms with E-state index >= 15 is 0 Å². The largest absolute Gasteiger partial charge is 0.507 e. The summed E-state index contributed by atoms with van der Waals surface area (Å²) in [6.07, 6.45) is 0. The highest BCUT2D eigenvalue weighted by Gasteiger charge is 2.45. The maximum atomic E-state index is 12.9. The van der Waals surface area contributed by atoms with Gasteiger partial charge in [-0.15, -0.1) is 0 Å². The summed E-state index contributed by atoms with van der Waals surface area (Å²) in [5.74, 6) is -0.785. The third kappa shape index (κ3) is 4.36. The Balaban J connectivity index is 2.12. The fraction of sp³-hybridized carbons (Fsp3) is 0.273. The van der Waals surface area contributed by atoms with Crippen LogP contribution in [0.25, 0.3) is 5.76 Å². The second kappa shape index (κ2) is 8.80. The van der Waals surface area contributed by atoms with Crippen LogP contribution in [0.2, 0.25) is 0 Å². The molecule has 1 unspecified atom stereocenters. The number of likely N-dealkylation sites (tertiary alicyclic amines) is 1. The van der Waals surface area contributed by atoms with Crippen LogP contribution in [0.15, 0.2) is 58.6 Å². The van der Waals surface area contributed by atoms with Crippen molar-refractivity contribution < 1.29 is 19.4 Å². The van der Waals surface area contributed by atoms with E-state index in [1.165, 1.54) is 4.90 Å². The van der Waals surface area contributed by atoms with Crippen LogP contribution >= 0.6 is 15.9 Å². The van der Waals surface area contributed by atoms with Crippen LogP contribution in [-0.2, 0) is 9.59 Å². The van der Waals surface area contributed by atoms with E-state index < -0.39 is 17.7 Å². The number of hydrogen-bond acceptors (Lipinski definition) is 5. The van der Waals surface area contributed by atoms with E-state index in [9.17, 15) is 14.7 Å². The van der Waals surface area contributed by atoms with E-state index in [2.05, 4.69) is 15.9 Å². The summed E-state index contributed by atoms with van der Waals surface area (Å²) in [5.41, 5.74) is 1.32. The molecule has 0 aromatic heterocycles. The number of amides is 1. The molecule has 0 spiro atoms. The van der Waals surface area contributed by atoms with Crippen molar-refractivity contribution in [3.05, 3.63) is 69.7 Å². The van der Waals surface area contributed by atoms with E-state index in [1.54, 1.807) is 43.5 Å². The van der Waals surface area contributed by atoms with Crippen LogP contribution < -0.4 is 4.74 Å². The Kier molecular flexibility index (Phi) is 6.39. The summed E-state index contributed by atoms with van der Waals surface area (Å²) in [7, 11) is 5.38. The number of hydrogen-bond donors (Lipinski definition) is 1. The lowest BCUT2D eigenvalue weighted by atomic mass is 9.95. The summed E-state index contributed by atoms with van der Waals surface area (Å²) < 4.78 is 6.07. The van der Waals surface area contributed by atoms with E-state index in [0.29, 0.717) is 24.4 Å². The van der Waals surface area contributed by atoms with Crippen LogP contribution in [0.5, 0.6) is 5.75 Å². The number of aliphatic hydroxyl groups is 1. The fourth-order valence-corrected chi connectivity index (χ4v) is 3.58. The number of methoxy groups -OCH3 is 1. The van der Waals surface area contributed by atoms with Gasteiger partial charge in [-0.3, -0.25) is 9.59 Å². The number of ether oxygens (including phenoxy) is 1. The molecular formula is C22H23BrN2O4. The Labute approximate surface area is 178 Å². The summed E-state index contributed by atoms with van der Waals surface area (Å²) in [5, 5.41) is 11.0. The second-order valence-electron chi connectivity index (χ2n) is 7.08. The van der Waals surface area contributed by atoms with Gasteiger partial charge in [0.15, 0.2) is 0 Å². The molecule has 3 rings (SSSR count). The molecule has 2 aromatic rings. The summed E-state index contributed by atoms with van der Waals surface area (Å²) in [4.78, 5) is 29.2. The van der Waals surface area contributed by atoms with E-state index in [4.69, 9.17) is 4.74 Å². The van der Waals surface area contributed by atoms with Crippen molar-refractivity contribution in [2.45, 2.75) is 6.04 Å². The Morgan fingerprint density at radius 3 is 2.28 bits per heavy atom. The molecular weight excluding hydrogens is 436 g/mol. The zero-order chi connectivity index (χ0) is 21.1. The topological polar surface area (TPSA) is 70.1 Å². The van der Waals surface area contributed by atoms with Crippen molar-refractivity contribution in [2.24, 2.45) is 0 Å². The van der Waals surface area contributed by atoms with Gasteiger partial charge in [-0.1, -0.05) is 40.2 Å². The monoisotopic (exact) mass is 458 g/mol. The standard InChI is InChI=1S/C22H23BrN2O4/c1-24(2)12-13-25-19(14-6-10-17(29-3)11-7-14)18(21(27)22(25)28)20(26)15-4-8-16(23)9-5-15/h4-11,19,26H,12-13H2,1-3H3/b20-18-. The SMILES string of the molecule is COc1ccc(C2/C(=C(/O)c3ccc(Br)cc3)C(=O)C(=O)N2CCN(C)C)cc1. The average Bonchev–Trinajstić information content (AvgIpc) is 2.97. The van der Waals surface area contributed by atoms with Gasteiger partial charge in [0.2, 0.25) is 0 Å². The van der Waals surface area contributed by atoms with Gasteiger partial charge in [0, 0.05) is 23.1 Å². The number of carbonyl (C=O) groups excluding carboxylic acids is 2. The lowest BCUT2D eigenvalue weighted by molar-refractivity contribution is -0.140. The van der Waals surface area contributed by atoms with Crippen LogP contribution in [0.4, 0.5) is 0 Å². The van der Waals surface area contributed by atoms with Gasteiger partial charge in [-0.05, 0) is 43.9 Å². The average molecular weight is 459 g/mol. The third-order valence-electron chi connectivity index (χ3n) is 4.88. The summed E-state index contributed by atoms with van der Waals surface area (Å²) in [6, 6.07) is 13.5. The summed E-state index contributed by atoms with van der Waals surface area (Å²) >= 11 is 3.36. The lowest BCUT2D eigenvalue weighted by Crippen LogP contribution is -2.35. The molecule has 1 aliphatic heterocycles. The molecule has 1 amide bonds. The molecule has 7 heteroatoms. The minimum atomic E-state index is -0.676. The van der Waals surface area contributed by atoms with Crippen LogP contribution in [0.3, 0.4) is 0 Å². The van der Waals surface area contributed by atoms with Gasteiger partial charge < -0.3 is 19.6 Å². The number of halogens is 1. The molecule has 1 heterocycles. The minimum absolute atomic E-state index is 0.0984. The zero-order valence-electron chi connectivity index (χ0n) is 16.6. The van der Waals surface area contributed by atoms with E-state index in [1.807, 2.05) is 31.1 Å². The Morgan fingerprint density at radius 1 is 1.10 bits per heavy atom. The van der Waals surface area contributed by atoms with Gasteiger partial charge in [0.1, 0.15) is 11.5 Å². The minimum Gasteiger partial charge on any atom is -0.507 e. The maximum absolute atomic E-state index is 12.9. The number of carbonyl (C=O) groups is 2. The Hall–Kier alpha value is -2.64. The first-order valence-corrected chi connectivity index (χ1v) is 9.95. The highest BCUT2D eigenvalue weighted by atomic mass is 79.9.